The van der Waals surface area contributed by atoms with E-state index in [1.807, 2.05) is 16.7 Å². The summed E-state index contributed by atoms with van der Waals surface area (Å²) in [6.45, 7) is 5.44. The number of aromatic nitrogens is 3. The molecular weight excluding hydrogens is 398 g/mol. The fraction of sp³-hybridized carbons (Fsp3) is 0.368. The first-order chi connectivity index (χ1) is 13.5. The number of primary amides is 1. The minimum absolute atomic E-state index is 0.0223. The van der Waals surface area contributed by atoms with Gasteiger partial charge in [0, 0.05) is 36.1 Å². The number of thioether (sulfide) groups is 1. The molecule has 0 spiro atoms. The minimum Gasteiger partial charge on any atom is -0.369 e. The van der Waals surface area contributed by atoms with Crippen molar-refractivity contribution >= 4 is 35.2 Å². The standard InChI is InChI=1S/C19H22ClN5O2S/c1-2-9-25-18(14-3-5-15(20)6-4-14)22-23-19(25)28-12-16(26)24-10-7-13(8-11-24)17(21)27/h2-6,13H,1,7-12H2,(H2,21,27). The highest BCUT2D eigenvalue weighted by atomic mass is 35.5. The Kier molecular flexibility index (Phi) is 6.74. The highest BCUT2D eigenvalue weighted by molar-refractivity contribution is 7.99. The molecule has 1 saturated heterocycles. The van der Waals surface area contributed by atoms with Gasteiger partial charge in [-0.15, -0.1) is 16.8 Å². The monoisotopic (exact) mass is 419 g/mol. The van der Waals surface area contributed by atoms with Crippen molar-refractivity contribution in [2.24, 2.45) is 11.7 Å². The molecule has 1 aromatic heterocycles. The van der Waals surface area contributed by atoms with Gasteiger partial charge in [-0.05, 0) is 37.1 Å². The van der Waals surface area contributed by atoms with Crippen molar-refractivity contribution in [3.63, 3.8) is 0 Å². The van der Waals surface area contributed by atoms with Gasteiger partial charge in [-0.2, -0.15) is 0 Å². The summed E-state index contributed by atoms with van der Waals surface area (Å²) in [4.78, 5) is 25.6. The van der Waals surface area contributed by atoms with Gasteiger partial charge in [0.05, 0.1) is 5.75 Å². The zero-order valence-electron chi connectivity index (χ0n) is 15.4. The van der Waals surface area contributed by atoms with Gasteiger partial charge in [0.2, 0.25) is 11.8 Å². The van der Waals surface area contributed by atoms with E-state index in [9.17, 15) is 9.59 Å². The Morgan fingerprint density at radius 1 is 1.25 bits per heavy atom. The van der Waals surface area contributed by atoms with E-state index in [4.69, 9.17) is 17.3 Å². The van der Waals surface area contributed by atoms with Crippen LogP contribution in [0.4, 0.5) is 0 Å². The second kappa shape index (κ2) is 9.25. The number of carbonyl (C=O) groups excluding carboxylic acids is 2. The average molecular weight is 420 g/mol. The third-order valence-corrected chi connectivity index (χ3v) is 5.91. The number of hydrogen-bond acceptors (Lipinski definition) is 5. The number of amides is 2. The molecule has 0 saturated carbocycles. The van der Waals surface area contributed by atoms with Crippen LogP contribution in [0.25, 0.3) is 11.4 Å². The predicted octanol–water partition coefficient (Wildman–Crippen LogP) is 2.60. The number of likely N-dealkylation sites (tertiary alicyclic amines) is 1. The lowest BCUT2D eigenvalue weighted by Gasteiger charge is -2.30. The molecule has 2 amide bonds. The molecule has 0 aliphatic carbocycles. The van der Waals surface area contributed by atoms with Crippen molar-refractivity contribution in [1.82, 2.24) is 19.7 Å². The van der Waals surface area contributed by atoms with E-state index >= 15 is 0 Å². The summed E-state index contributed by atoms with van der Waals surface area (Å²) in [5, 5.41) is 9.84. The Hall–Kier alpha value is -2.32. The first-order valence-electron chi connectivity index (χ1n) is 8.99. The molecule has 1 aromatic carbocycles. The molecule has 2 aromatic rings. The van der Waals surface area contributed by atoms with Gasteiger partial charge in [-0.1, -0.05) is 29.4 Å². The molecule has 7 nitrogen and oxygen atoms in total. The number of hydrogen-bond donors (Lipinski definition) is 1. The van der Waals surface area contributed by atoms with Crippen molar-refractivity contribution in [1.29, 1.82) is 0 Å². The zero-order chi connectivity index (χ0) is 20.1. The van der Waals surface area contributed by atoms with E-state index in [0.717, 1.165) is 5.56 Å². The highest BCUT2D eigenvalue weighted by Crippen LogP contribution is 2.26. The van der Waals surface area contributed by atoms with E-state index in [1.54, 1.807) is 23.1 Å². The van der Waals surface area contributed by atoms with Crippen LogP contribution in [0.15, 0.2) is 42.1 Å². The molecule has 1 aliphatic heterocycles. The molecule has 0 atom stereocenters. The van der Waals surface area contributed by atoms with Gasteiger partial charge >= 0.3 is 0 Å². The first kappa shape index (κ1) is 20.4. The number of benzene rings is 1. The first-order valence-corrected chi connectivity index (χ1v) is 10.4. The molecule has 148 valence electrons. The van der Waals surface area contributed by atoms with Crippen LogP contribution in [0.2, 0.25) is 5.02 Å². The minimum atomic E-state index is -0.284. The summed E-state index contributed by atoms with van der Waals surface area (Å²) in [6.07, 6.45) is 3.02. The number of nitrogens with zero attached hydrogens (tertiary/aromatic N) is 4. The highest BCUT2D eigenvalue weighted by Gasteiger charge is 2.26. The Balaban J connectivity index is 1.66. The lowest BCUT2D eigenvalue weighted by atomic mass is 9.96. The second-order valence-corrected chi connectivity index (χ2v) is 7.94. The van der Waals surface area contributed by atoms with Gasteiger partial charge in [0.25, 0.3) is 0 Å². The molecule has 28 heavy (non-hydrogen) atoms. The summed E-state index contributed by atoms with van der Waals surface area (Å²) in [6, 6.07) is 7.37. The zero-order valence-corrected chi connectivity index (χ0v) is 17.0. The molecule has 2 heterocycles. The maximum Gasteiger partial charge on any atom is 0.233 e. The molecule has 2 N–H and O–H groups in total. The van der Waals surface area contributed by atoms with Crippen LogP contribution >= 0.6 is 23.4 Å². The second-order valence-electron chi connectivity index (χ2n) is 6.56. The van der Waals surface area contributed by atoms with Crippen LogP contribution in [0.3, 0.4) is 0 Å². The van der Waals surface area contributed by atoms with E-state index in [2.05, 4.69) is 16.8 Å². The van der Waals surface area contributed by atoms with E-state index in [1.165, 1.54) is 11.8 Å². The molecule has 3 rings (SSSR count). The lowest BCUT2D eigenvalue weighted by molar-refractivity contribution is -0.132. The van der Waals surface area contributed by atoms with Gasteiger partial charge in [-0.25, -0.2) is 0 Å². The van der Waals surface area contributed by atoms with Crippen molar-refractivity contribution in [2.45, 2.75) is 24.5 Å². The third kappa shape index (κ3) is 4.74. The van der Waals surface area contributed by atoms with Crippen molar-refractivity contribution in [3.05, 3.63) is 41.9 Å². The quantitative estimate of drug-likeness (QED) is 0.549. The summed E-state index contributed by atoms with van der Waals surface area (Å²) in [5.74, 6) is 0.572. The van der Waals surface area contributed by atoms with Crippen LogP contribution < -0.4 is 5.73 Å². The van der Waals surface area contributed by atoms with E-state index in [0.29, 0.717) is 48.5 Å². The third-order valence-electron chi connectivity index (χ3n) is 4.71. The molecule has 0 radical (unpaired) electrons. The SMILES string of the molecule is C=CCn1c(SCC(=O)N2CCC(C(N)=O)CC2)nnc1-c1ccc(Cl)cc1. The van der Waals surface area contributed by atoms with Crippen LogP contribution in [0.1, 0.15) is 12.8 Å². The van der Waals surface area contributed by atoms with E-state index in [-0.39, 0.29) is 23.5 Å². The topological polar surface area (TPSA) is 94.1 Å². The molecule has 0 unspecified atom stereocenters. The number of rotatable bonds is 7. The smallest absolute Gasteiger partial charge is 0.233 e. The van der Waals surface area contributed by atoms with Crippen LogP contribution in [0, 0.1) is 5.92 Å². The predicted molar refractivity (Wildman–Crippen MR) is 110 cm³/mol. The number of nitrogens with two attached hydrogens (primary N) is 1. The number of allylic oxidation sites excluding steroid dienone is 1. The molecular formula is C19H22ClN5O2S. The van der Waals surface area contributed by atoms with Crippen molar-refractivity contribution < 1.29 is 9.59 Å². The number of piperidine rings is 1. The van der Waals surface area contributed by atoms with Gasteiger partial charge in [0.1, 0.15) is 0 Å². The maximum atomic E-state index is 12.5. The fourth-order valence-electron chi connectivity index (χ4n) is 3.13. The lowest BCUT2D eigenvalue weighted by Crippen LogP contribution is -2.42. The molecule has 1 aliphatic rings. The number of carbonyl (C=O) groups is 2. The average Bonchev–Trinajstić information content (AvgIpc) is 3.09. The molecule has 1 fully saturated rings. The van der Waals surface area contributed by atoms with Crippen molar-refractivity contribution in [3.8, 4) is 11.4 Å². The van der Waals surface area contributed by atoms with E-state index < -0.39 is 0 Å². The molecule has 9 heteroatoms. The van der Waals surface area contributed by atoms with Crippen LogP contribution in [0.5, 0.6) is 0 Å². The largest absolute Gasteiger partial charge is 0.369 e. The van der Waals surface area contributed by atoms with Gasteiger partial charge < -0.3 is 10.6 Å². The van der Waals surface area contributed by atoms with Crippen LogP contribution in [-0.2, 0) is 16.1 Å². The van der Waals surface area contributed by atoms with Crippen molar-refractivity contribution in [2.75, 3.05) is 18.8 Å². The Morgan fingerprint density at radius 3 is 2.54 bits per heavy atom. The Bertz CT molecular complexity index is 860. The summed E-state index contributed by atoms with van der Waals surface area (Å²) in [7, 11) is 0. The Morgan fingerprint density at radius 2 is 1.93 bits per heavy atom. The van der Waals surface area contributed by atoms with Gasteiger partial charge in [-0.3, -0.25) is 14.2 Å². The maximum absolute atomic E-state index is 12.5. The fourth-order valence-corrected chi connectivity index (χ4v) is 4.11. The Labute approximate surface area is 172 Å². The van der Waals surface area contributed by atoms with Crippen LogP contribution in [-0.4, -0.2) is 50.3 Å². The summed E-state index contributed by atoms with van der Waals surface area (Å²) < 4.78 is 1.92. The normalized spacial score (nSPS) is 14.8. The number of halogens is 1. The van der Waals surface area contributed by atoms with Gasteiger partial charge in [0.15, 0.2) is 11.0 Å². The summed E-state index contributed by atoms with van der Waals surface area (Å²) >= 11 is 7.31. The molecule has 0 bridgehead atoms. The summed E-state index contributed by atoms with van der Waals surface area (Å²) in [5.41, 5.74) is 6.24.